The van der Waals surface area contributed by atoms with E-state index in [0.29, 0.717) is 0 Å². The molecule has 0 unspecified atom stereocenters. The largest absolute Gasteiger partial charge is 0.481 e. The molecule has 7 heteroatoms. The van der Waals surface area contributed by atoms with Gasteiger partial charge in [-0.05, 0) is 20.3 Å². The van der Waals surface area contributed by atoms with Crippen LogP contribution in [0.25, 0.3) is 0 Å². The van der Waals surface area contributed by atoms with Crippen molar-refractivity contribution in [3.05, 3.63) is 0 Å². The fraction of sp³-hybridized carbons (Fsp3) is 0.750. The minimum atomic E-state index is -4.92. The van der Waals surface area contributed by atoms with Gasteiger partial charge in [0.15, 0.2) is 0 Å². The van der Waals surface area contributed by atoms with Gasteiger partial charge in [0, 0.05) is 6.54 Å². The predicted octanol–water partition coefficient (Wildman–Crippen LogP) is 1.17. The molecule has 0 aromatic carbocycles. The van der Waals surface area contributed by atoms with E-state index in [1.807, 2.05) is 0 Å². The fourth-order valence-electron chi connectivity index (χ4n) is 0.696. The maximum absolute atomic E-state index is 11.7. The van der Waals surface area contributed by atoms with Crippen LogP contribution in [0.1, 0.15) is 20.3 Å². The summed E-state index contributed by atoms with van der Waals surface area (Å²) in [7, 11) is 0. The van der Waals surface area contributed by atoms with Gasteiger partial charge in [-0.25, -0.2) is 0 Å². The molecule has 0 aromatic rings. The highest BCUT2D eigenvalue weighted by molar-refractivity contribution is 5.81. The molecule has 0 heterocycles. The number of nitrogens with one attached hydrogen (secondary N) is 1. The maximum atomic E-state index is 11.7. The van der Waals surface area contributed by atoms with Crippen molar-refractivity contribution in [2.45, 2.75) is 26.4 Å². The third-order valence-corrected chi connectivity index (χ3v) is 1.87. The molecule has 0 radical (unpaired) electrons. The Morgan fingerprint density at radius 3 is 2.07 bits per heavy atom. The van der Waals surface area contributed by atoms with Gasteiger partial charge in [-0.2, -0.15) is 13.2 Å². The van der Waals surface area contributed by atoms with Crippen LogP contribution >= 0.6 is 0 Å². The first-order valence-electron chi connectivity index (χ1n) is 4.16. The summed E-state index contributed by atoms with van der Waals surface area (Å²) in [6, 6.07) is 0. The number of amides is 1. The lowest BCUT2D eigenvalue weighted by molar-refractivity contribution is -0.173. The summed E-state index contributed by atoms with van der Waals surface area (Å²) in [6.07, 6.45) is -4.99. The first kappa shape index (κ1) is 13.7. The molecule has 0 fully saturated rings. The second-order valence-corrected chi connectivity index (χ2v) is 3.69. The zero-order valence-electron chi connectivity index (χ0n) is 8.31. The van der Waals surface area contributed by atoms with Crippen molar-refractivity contribution in [1.82, 2.24) is 5.32 Å². The summed E-state index contributed by atoms with van der Waals surface area (Å²) in [5.41, 5.74) is -1.15. The highest BCUT2D eigenvalue weighted by atomic mass is 19.4. The molecule has 0 saturated heterocycles. The fourth-order valence-corrected chi connectivity index (χ4v) is 0.696. The molecule has 0 aliphatic heterocycles. The zero-order valence-corrected chi connectivity index (χ0v) is 8.31. The van der Waals surface area contributed by atoms with Crippen LogP contribution in [0.2, 0.25) is 0 Å². The second-order valence-electron chi connectivity index (χ2n) is 3.69. The number of carbonyl (C=O) groups excluding carboxylic acids is 1. The Balaban J connectivity index is 4.01. The second kappa shape index (κ2) is 4.50. The van der Waals surface area contributed by atoms with E-state index in [-0.39, 0.29) is 13.0 Å². The quantitative estimate of drug-likeness (QED) is 0.757. The van der Waals surface area contributed by atoms with E-state index in [4.69, 9.17) is 5.11 Å². The lowest BCUT2D eigenvalue weighted by atomic mass is 9.90. The van der Waals surface area contributed by atoms with Crippen LogP contribution in [0.5, 0.6) is 0 Å². The third kappa shape index (κ3) is 4.66. The number of alkyl halides is 3. The number of carbonyl (C=O) groups is 2. The van der Waals surface area contributed by atoms with E-state index < -0.39 is 23.5 Å². The first-order valence-corrected chi connectivity index (χ1v) is 4.16. The average Bonchev–Trinajstić information content (AvgIpc) is 2.01. The van der Waals surface area contributed by atoms with Crippen LogP contribution in [-0.4, -0.2) is 29.7 Å². The van der Waals surface area contributed by atoms with Gasteiger partial charge in [-0.3, -0.25) is 9.59 Å². The molecule has 15 heavy (non-hydrogen) atoms. The molecule has 0 bridgehead atoms. The lowest BCUT2D eigenvalue weighted by Crippen LogP contribution is -2.39. The summed E-state index contributed by atoms with van der Waals surface area (Å²) in [6.45, 7) is 2.42. The molecule has 0 rings (SSSR count). The van der Waals surface area contributed by atoms with Gasteiger partial charge in [-0.15, -0.1) is 0 Å². The van der Waals surface area contributed by atoms with Gasteiger partial charge < -0.3 is 10.4 Å². The minimum Gasteiger partial charge on any atom is -0.481 e. The van der Waals surface area contributed by atoms with E-state index in [9.17, 15) is 22.8 Å². The molecule has 0 aromatic heterocycles. The van der Waals surface area contributed by atoms with Gasteiger partial charge in [0.25, 0.3) is 0 Å². The molecule has 0 atom stereocenters. The molecule has 0 saturated carbocycles. The summed E-state index contributed by atoms with van der Waals surface area (Å²) in [5, 5.41) is 10.2. The van der Waals surface area contributed by atoms with Gasteiger partial charge in [0.1, 0.15) is 0 Å². The lowest BCUT2D eigenvalue weighted by Gasteiger charge is -2.19. The van der Waals surface area contributed by atoms with Crippen LogP contribution in [0.4, 0.5) is 13.2 Å². The normalized spacial score (nSPS) is 12.3. The van der Waals surface area contributed by atoms with Gasteiger partial charge in [0.05, 0.1) is 5.41 Å². The van der Waals surface area contributed by atoms with Crippen molar-refractivity contribution >= 4 is 11.9 Å². The number of carboxylic acids is 1. The first-order chi connectivity index (χ1) is 6.57. The van der Waals surface area contributed by atoms with Crippen LogP contribution < -0.4 is 5.32 Å². The minimum absolute atomic E-state index is 0.0653. The Morgan fingerprint density at radius 1 is 1.27 bits per heavy atom. The highest BCUT2D eigenvalue weighted by Crippen LogP contribution is 2.20. The monoisotopic (exact) mass is 227 g/mol. The highest BCUT2D eigenvalue weighted by Gasteiger charge is 2.38. The summed E-state index contributed by atoms with van der Waals surface area (Å²) in [5.74, 6) is -3.17. The standard InChI is InChI=1S/C8H12F3NO3/c1-7(2,6(14)15)3-4-12-5(13)8(9,10)11/h3-4H2,1-2H3,(H,12,13)(H,14,15). The number of halogens is 3. The van der Waals surface area contributed by atoms with Gasteiger partial charge in [-0.1, -0.05) is 0 Å². The van der Waals surface area contributed by atoms with E-state index >= 15 is 0 Å². The number of aliphatic carboxylic acids is 1. The summed E-state index contributed by atoms with van der Waals surface area (Å²) in [4.78, 5) is 20.9. The Kier molecular flexibility index (Phi) is 4.12. The van der Waals surface area contributed by atoms with E-state index in [1.54, 1.807) is 5.32 Å². The van der Waals surface area contributed by atoms with E-state index in [1.165, 1.54) is 13.8 Å². The Morgan fingerprint density at radius 2 is 1.73 bits per heavy atom. The van der Waals surface area contributed by atoms with Crippen LogP contribution in [0, 0.1) is 5.41 Å². The molecule has 2 N–H and O–H groups in total. The SMILES string of the molecule is CC(C)(CCNC(=O)C(F)(F)F)C(=O)O. The van der Waals surface area contributed by atoms with Gasteiger partial charge >= 0.3 is 18.1 Å². The zero-order chi connectivity index (χ0) is 12.3. The number of hydrogen-bond acceptors (Lipinski definition) is 2. The maximum Gasteiger partial charge on any atom is 0.471 e. The van der Waals surface area contributed by atoms with Crippen molar-refractivity contribution in [2.24, 2.45) is 5.41 Å². The molecule has 1 amide bonds. The van der Waals surface area contributed by atoms with E-state index in [2.05, 4.69) is 0 Å². The molecule has 0 aliphatic rings. The Labute approximate surface area is 84.5 Å². The van der Waals surface area contributed by atoms with Crippen molar-refractivity contribution in [3.63, 3.8) is 0 Å². The van der Waals surface area contributed by atoms with Crippen molar-refractivity contribution < 1.29 is 27.9 Å². The predicted molar refractivity (Wildman–Crippen MR) is 45.1 cm³/mol. The molecular weight excluding hydrogens is 215 g/mol. The Bertz CT molecular complexity index is 260. The van der Waals surface area contributed by atoms with Crippen LogP contribution in [-0.2, 0) is 9.59 Å². The molecule has 4 nitrogen and oxygen atoms in total. The van der Waals surface area contributed by atoms with E-state index in [0.717, 1.165) is 0 Å². The van der Waals surface area contributed by atoms with Crippen molar-refractivity contribution in [1.29, 1.82) is 0 Å². The van der Waals surface area contributed by atoms with Crippen molar-refractivity contribution in [2.75, 3.05) is 6.54 Å². The van der Waals surface area contributed by atoms with Crippen LogP contribution in [0.15, 0.2) is 0 Å². The third-order valence-electron chi connectivity index (χ3n) is 1.87. The van der Waals surface area contributed by atoms with Crippen LogP contribution in [0.3, 0.4) is 0 Å². The molecular formula is C8H12F3NO3. The number of rotatable bonds is 4. The van der Waals surface area contributed by atoms with Crippen molar-refractivity contribution in [3.8, 4) is 0 Å². The molecule has 0 aliphatic carbocycles. The number of hydrogen-bond donors (Lipinski definition) is 2. The number of carboxylic acid groups (broad SMARTS) is 1. The molecule has 0 spiro atoms. The topological polar surface area (TPSA) is 66.4 Å². The average molecular weight is 227 g/mol. The summed E-state index contributed by atoms with van der Waals surface area (Å²) < 4.78 is 35.1. The Hall–Kier alpha value is -1.27. The summed E-state index contributed by atoms with van der Waals surface area (Å²) >= 11 is 0. The molecule has 88 valence electrons. The smallest absolute Gasteiger partial charge is 0.471 e. The van der Waals surface area contributed by atoms with Gasteiger partial charge in [0.2, 0.25) is 0 Å².